The zero-order valence-electron chi connectivity index (χ0n) is 27.9. The standard InChI is InChI=1S/C35H45N5O6S2/c1-37(2)48(44,45)36-34(41)24-9-11-28-31(19-24)39-22-35(47(42,43)40-18-17-38-15-13-25(40)14-16-38)21-30(35)29-20-26(46-3)10-12-27(29)33(39)32(28)23-7-5-4-6-8-23/h9-12,19-20,23,25,30H,4-8,13-18,21-22H2,1-3H3,(H,36,41). The Morgan fingerprint density at radius 2 is 1.69 bits per heavy atom. The Bertz CT molecular complexity index is 2010. The molecule has 5 fully saturated rings. The van der Waals surface area contributed by atoms with Crippen molar-refractivity contribution in [3.8, 4) is 17.0 Å². The number of fused-ring (bicyclic) bond motifs is 11. The molecular formula is C35H45N5O6S2. The zero-order valence-corrected chi connectivity index (χ0v) is 29.6. The third-order valence-corrected chi connectivity index (χ3v) is 16.0. The molecule has 13 heteroatoms. The van der Waals surface area contributed by atoms with Gasteiger partial charge in [-0.2, -0.15) is 17.0 Å². The summed E-state index contributed by atoms with van der Waals surface area (Å²) in [4.78, 5) is 15.8. The van der Waals surface area contributed by atoms with Gasteiger partial charge in [0.2, 0.25) is 10.0 Å². The fourth-order valence-corrected chi connectivity index (χ4v) is 12.2. The molecule has 2 unspecified atom stereocenters. The van der Waals surface area contributed by atoms with Gasteiger partial charge in [-0.1, -0.05) is 25.3 Å². The Hall–Kier alpha value is -2.97. The molecule has 1 amide bonds. The number of rotatable bonds is 7. The van der Waals surface area contributed by atoms with Crippen LogP contribution in [0.25, 0.3) is 22.2 Å². The predicted octanol–water partition coefficient (Wildman–Crippen LogP) is 4.25. The smallest absolute Gasteiger partial charge is 0.303 e. The number of hydrogen-bond acceptors (Lipinski definition) is 7. The lowest BCUT2D eigenvalue weighted by molar-refractivity contribution is 0.0979. The Kier molecular flexibility index (Phi) is 7.76. The average molecular weight is 696 g/mol. The molecule has 5 heterocycles. The van der Waals surface area contributed by atoms with Crippen LogP contribution in [0.3, 0.4) is 0 Å². The van der Waals surface area contributed by atoms with Crippen LogP contribution in [0.4, 0.5) is 0 Å². The molecule has 3 saturated heterocycles. The topological polar surface area (TPSA) is 121 Å². The number of sulfonamides is 1. The van der Waals surface area contributed by atoms with Crippen molar-refractivity contribution in [3.05, 3.63) is 53.1 Å². The van der Waals surface area contributed by atoms with Crippen LogP contribution in [-0.2, 0) is 26.8 Å². The van der Waals surface area contributed by atoms with Crippen molar-refractivity contribution < 1.29 is 26.4 Å². The Morgan fingerprint density at radius 1 is 0.938 bits per heavy atom. The van der Waals surface area contributed by atoms with Crippen molar-refractivity contribution in [2.75, 3.05) is 47.4 Å². The number of piperidine rings is 1. The van der Waals surface area contributed by atoms with Crippen molar-refractivity contribution >= 4 is 37.0 Å². The van der Waals surface area contributed by atoms with Gasteiger partial charge >= 0.3 is 10.2 Å². The van der Waals surface area contributed by atoms with Crippen LogP contribution in [0.1, 0.15) is 84.7 Å². The first kappa shape index (κ1) is 32.2. The third-order valence-electron chi connectivity index (χ3n) is 11.8. The first-order valence-electron chi connectivity index (χ1n) is 17.3. The van der Waals surface area contributed by atoms with Gasteiger partial charge in [-0.15, -0.1) is 0 Å². The van der Waals surface area contributed by atoms with Crippen molar-refractivity contribution in [1.29, 1.82) is 0 Å². The van der Waals surface area contributed by atoms with Crippen molar-refractivity contribution in [3.63, 3.8) is 0 Å². The summed E-state index contributed by atoms with van der Waals surface area (Å²) in [7, 11) is -3.38. The molecule has 2 aliphatic carbocycles. The zero-order chi connectivity index (χ0) is 33.6. The lowest BCUT2D eigenvalue weighted by Crippen LogP contribution is -2.48. The summed E-state index contributed by atoms with van der Waals surface area (Å²) in [5.74, 6) is 0.0802. The second-order valence-electron chi connectivity index (χ2n) is 14.6. The van der Waals surface area contributed by atoms with Gasteiger partial charge in [-0.3, -0.25) is 4.79 Å². The Labute approximate surface area is 283 Å². The normalized spacial score (nSPS) is 27.5. The summed E-state index contributed by atoms with van der Waals surface area (Å²) >= 11 is 0. The maximum Gasteiger partial charge on any atom is 0.303 e. The van der Waals surface area contributed by atoms with Crippen LogP contribution in [0.15, 0.2) is 36.4 Å². The lowest BCUT2D eigenvalue weighted by atomic mass is 9.81. The van der Waals surface area contributed by atoms with Gasteiger partial charge in [-0.25, -0.2) is 13.1 Å². The molecule has 0 radical (unpaired) electrons. The van der Waals surface area contributed by atoms with E-state index in [-0.39, 0.29) is 24.1 Å². The average Bonchev–Trinajstić information content (AvgIpc) is 3.84. The molecule has 9 rings (SSSR count). The molecule has 48 heavy (non-hydrogen) atoms. The highest BCUT2D eigenvalue weighted by molar-refractivity contribution is 7.91. The first-order chi connectivity index (χ1) is 22.9. The fourth-order valence-electron chi connectivity index (χ4n) is 9.11. The number of ether oxygens (including phenoxy) is 1. The molecule has 0 spiro atoms. The number of aromatic nitrogens is 1. The molecule has 1 aromatic heterocycles. The van der Waals surface area contributed by atoms with Gasteiger partial charge in [-0.05, 0) is 92.6 Å². The van der Waals surface area contributed by atoms with E-state index >= 15 is 8.42 Å². The molecule has 1 N–H and O–H groups in total. The monoisotopic (exact) mass is 695 g/mol. The SMILES string of the molecule is COc1ccc2c(c1)C1CC1(S(=O)(=O)N1CCN3CCC1CC3)Cn1c-2c(C2CCCCC2)c2ccc(C(=O)NS(=O)(=O)N(C)C)cc21. The number of nitrogens with zero attached hydrogens (tertiary/aromatic N) is 4. The second kappa shape index (κ2) is 11.5. The minimum atomic E-state index is -4.00. The van der Waals surface area contributed by atoms with Gasteiger partial charge in [0.25, 0.3) is 5.91 Å². The first-order valence-corrected chi connectivity index (χ1v) is 20.2. The molecule has 2 saturated carbocycles. The van der Waals surface area contributed by atoms with Crippen molar-refractivity contribution in [2.24, 2.45) is 0 Å². The van der Waals surface area contributed by atoms with Gasteiger partial charge in [0.05, 0.1) is 12.8 Å². The molecule has 2 aromatic carbocycles. The molecule has 3 aromatic rings. The number of carbonyl (C=O) groups is 1. The molecular weight excluding hydrogens is 651 g/mol. The highest BCUT2D eigenvalue weighted by Crippen LogP contribution is 2.64. The van der Waals surface area contributed by atoms with Crippen LogP contribution in [0.5, 0.6) is 5.75 Å². The van der Waals surface area contributed by atoms with E-state index in [4.69, 9.17) is 4.74 Å². The van der Waals surface area contributed by atoms with E-state index in [1.807, 2.05) is 22.5 Å². The summed E-state index contributed by atoms with van der Waals surface area (Å²) in [6.45, 7) is 3.38. The number of amides is 1. The van der Waals surface area contributed by atoms with E-state index in [0.717, 1.165) is 90.2 Å². The summed E-state index contributed by atoms with van der Waals surface area (Å²) in [5, 5.41) is 0.999. The van der Waals surface area contributed by atoms with E-state index in [0.29, 0.717) is 24.6 Å². The molecule has 258 valence electrons. The highest BCUT2D eigenvalue weighted by atomic mass is 32.2. The van der Waals surface area contributed by atoms with E-state index in [1.54, 1.807) is 19.2 Å². The number of hydrogen-bond donors (Lipinski definition) is 1. The molecule has 6 aliphatic rings. The predicted molar refractivity (Wildman–Crippen MR) is 185 cm³/mol. The van der Waals surface area contributed by atoms with E-state index in [1.165, 1.54) is 26.1 Å². The highest BCUT2D eigenvalue weighted by Gasteiger charge is 2.68. The van der Waals surface area contributed by atoms with E-state index in [2.05, 4.69) is 20.3 Å². The van der Waals surface area contributed by atoms with Gasteiger partial charge in [0, 0.05) is 67.7 Å². The molecule has 2 atom stereocenters. The molecule has 11 nitrogen and oxygen atoms in total. The maximum atomic E-state index is 15.1. The summed E-state index contributed by atoms with van der Waals surface area (Å²) < 4.78 is 67.3. The minimum Gasteiger partial charge on any atom is -0.497 e. The molecule has 4 aliphatic heterocycles. The van der Waals surface area contributed by atoms with Crippen LogP contribution in [0, 0.1) is 0 Å². The summed E-state index contributed by atoms with van der Waals surface area (Å²) in [6.07, 6.45) is 7.75. The number of carbonyl (C=O) groups excluding carboxylic acids is 1. The van der Waals surface area contributed by atoms with Gasteiger partial charge in [0.15, 0.2) is 0 Å². The van der Waals surface area contributed by atoms with Gasteiger partial charge < -0.3 is 14.2 Å². The quantitative estimate of drug-likeness (QED) is 0.393. The minimum absolute atomic E-state index is 0.00466. The van der Waals surface area contributed by atoms with Gasteiger partial charge in [0.1, 0.15) is 10.5 Å². The van der Waals surface area contributed by atoms with Crippen molar-refractivity contribution in [2.45, 2.75) is 80.5 Å². The number of methoxy groups -OCH3 is 1. The van der Waals surface area contributed by atoms with Crippen LogP contribution in [0.2, 0.25) is 0 Å². The Morgan fingerprint density at radius 3 is 2.40 bits per heavy atom. The van der Waals surface area contributed by atoms with Crippen LogP contribution < -0.4 is 9.46 Å². The maximum absolute atomic E-state index is 15.1. The lowest BCUT2D eigenvalue weighted by Gasteiger charge is -2.34. The summed E-state index contributed by atoms with van der Waals surface area (Å²) in [6, 6.07) is 11.5. The molecule has 2 bridgehead atoms. The number of benzene rings is 2. The van der Waals surface area contributed by atoms with Crippen molar-refractivity contribution in [1.82, 2.24) is 22.8 Å². The fraction of sp³-hybridized carbons (Fsp3) is 0.571. The summed E-state index contributed by atoms with van der Waals surface area (Å²) in [5.41, 5.74) is 5.25. The number of nitrogens with one attached hydrogen (secondary N) is 1. The van der Waals surface area contributed by atoms with E-state index < -0.39 is 30.9 Å². The largest absolute Gasteiger partial charge is 0.497 e. The second-order valence-corrected chi connectivity index (χ2v) is 18.7. The third kappa shape index (κ3) is 4.94. The van der Waals surface area contributed by atoms with Crippen LogP contribution >= 0.6 is 0 Å². The van der Waals surface area contributed by atoms with Crippen LogP contribution in [-0.4, -0.2) is 99.0 Å². The Balaban J connectivity index is 1.34. The van der Waals surface area contributed by atoms with E-state index in [9.17, 15) is 13.2 Å².